The summed E-state index contributed by atoms with van der Waals surface area (Å²) in [6.45, 7) is 6.33. The number of nitrogens with two attached hydrogens (primary N) is 1. The lowest BCUT2D eigenvalue weighted by Crippen LogP contribution is -2.45. The molecular formula is C14H22N6O3. The van der Waals surface area contributed by atoms with Crippen LogP contribution in [0.2, 0.25) is 0 Å². The molecule has 23 heavy (non-hydrogen) atoms. The van der Waals surface area contributed by atoms with E-state index in [9.17, 15) is 10.1 Å². The van der Waals surface area contributed by atoms with Crippen molar-refractivity contribution in [2.24, 2.45) is 5.92 Å². The lowest BCUT2D eigenvalue weighted by Gasteiger charge is -2.36. The second kappa shape index (κ2) is 7.05. The van der Waals surface area contributed by atoms with Crippen molar-refractivity contribution in [1.82, 2.24) is 14.9 Å². The fraction of sp³-hybridized carbons (Fsp3) is 0.714. The van der Waals surface area contributed by atoms with Crippen LogP contribution in [0.5, 0.6) is 0 Å². The maximum Gasteiger partial charge on any atom is 0.329 e. The summed E-state index contributed by atoms with van der Waals surface area (Å²) in [5, 5.41) is 10.8. The Bertz CT molecular complexity index is 563. The van der Waals surface area contributed by atoms with Crippen LogP contribution >= 0.6 is 0 Å². The fourth-order valence-corrected chi connectivity index (χ4v) is 3.22. The molecule has 1 unspecified atom stereocenters. The van der Waals surface area contributed by atoms with Gasteiger partial charge in [-0.25, -0.2) is 4.98 Å². The molecule has 2 N–H and O–H groups in total. The minimum Gasteiger partial charge on any atom is -0.379 e. The molecule has 126 valence electrons. The van der Waals surface area contributed by atoms with Gasteiger partial charge in [-0.1, -0.05) is 0 Å². The van der Waals surface area contributed by atoms with E-state index in [1.165, 1.54) is 12.6 Å². The lowest BCUT2D eigenvalue weighted by atomic mass is 9.97. The summed E-state index contributed by atoms with van der Waals surface area (Å²) in [6, 6.07) is 0. The van der Waals surface area contributed by atoms with Gasteiger partial charge in [0, 0.05) is 32.7 Å². The first kappa shape index (κ1) is 15.9. The van der Waals surface area contributed by atoms with Gasteiger partial charge < -0.3 is 15.4 Å². The second-order valence-corrected chi connectivity index (χ2v) is 6.06. The highest BCUT2D eigenvalue weighted by molar-refractivity contribution is 5.53. The largest absolute Gasteiger partial charge is 0.379 e. The molecular weight excluding hydrogens is 300 g/mol. The maximum absolute atomic E-state index is 10.8. The second-order valence-electron chi connectivity index (χ2n) is 6.06. The summed E-state index contributed by atoms with van der Waals surface area (Å²) >= 11 is 0. The van der Waals surface area contributed by atoms with Gasteiger partial charge in [0.2, 0.25) is 11.8 Å². The summed E-state index contributed by atoms with van der Waals surface area (Å²) in [4.78, 5) is 23.0. The minimum atomic E-state index is -0.559. The van der Waals surface area contributed by atoms with Gasteiger partial charge in [-0.05, 0) is 18.8 Å². The lowest BCUT2D eigenvalue weighted by molar-refractivity contribution is -0.384. The zero-order valence-electron chi connectivity index (χ0n) is 13.1. The van der Waals surface area contributed by atoms with Crippen molar-refractivity contribution in [2.75, 3.05) is 56.6 Å². The highest BCUT2D eigenvalue weighted by Gasteiger charge is 2.25. The Morgan fingerprint density at radius 3 is 2.87 bits per heavy atom. The molecule has 1 aromatic rings. The number of nitro groups is 1. The Hall–Kier alpha value is -2.00. The van der Waals surface area contributed by atoms with E-state index in [0.29, 0.717) is 11.9 Å². The number of piperidine rings is 1. The third-order valence-electron chi connectivity index (χ3n) is 4.40. The minimum absolute atomic E-state index is 0.0738. The van der Waals surface area contributed by atoms with E-state index in [1.54, 1.807) is 0 Å². The van der Waals surface area contributed by atoms with E-state index in [-0.39, 0.29) is 11.5 Å². The van der Waals surface area contributed by atoms with Crippen LogP contribution in [0.3, 0.4) is 0 Å². The first-order valence-corrected chi connectivity index (χ1v) is 7.95. The van der Waals surface area contributed by atoms with E-state index in [2.05, 4.69) is 19.8 Å². The van der Waals surface area contributed by atoms with Crippen LogP contribution in [0.25, 0.3) is 0 Å². The van der Waals surface area contributed by atoms with Gasteiger partial charge in [-0.2, -0.15) is 4.98 Å². The van der Waals surface area contributed by atoms with Gasteiger partial charge in [0.15, 0.2) is 0 Å². The van der Waals surface area contributed by atoms with Crippen LogP contribution in [0, 0.1) is 16.0 Å². The first-order valence-electron chi connectivity index (χ1n) is 7.95. The number of nitrogen functional groups attached to an aromatic ring is 1. The van der Waals surface area contributed by atoms with E-state index in [1.807, 2.05) is 0 Å². The molecule has 1 aromatic heterocycles. The monoisotopic (exact) mass is 322 g/mol. The van der Waals surface area contributed by atoms with E-state index >= 15 is 0 Å². The third kappa shape index (κ3) is 3.85. The van der Waals surface area contributed by atoms with E-state index < -0.39 is 4.92 Å². The molecule has 0 radical (unpaired) electrons. The average molecular weight is 322 g/mol. The molecule has 0 saturated carbocycles. The molecule has 0 bridgehead atoms. The number of hydrogen-bond acceptors (Lipinski definition) is 8. The zero-order chi connectivity index (χ0) is 16.2. The summed E-state index contributed by atoms with van der Waals surface area (Å²) in [5.41, 5.74) is 5.43. The Balaban J connectivity index is 1.63. The summed E-state index contributed by atoms with van der Waals surface area (Å²) < 4.78 is 5.38. The Kier molecular flexibility index (Phi) is 4.87. The third-order valence-corrected chi connectivity index (χ3v) is 4.40. The molecule has 3 heterocycles. The molecule has 0 aromatic carbocycles. The summed E-state index contributed by atoms with van der Waals surface area (Å²) in [5.74, 6) is 0.956. The quantitative estimate of drug-likeness (QED) is 0.631. The average Bonchev–Trinajstić information content (AvgIpc) is 2.55. The smallest absolute Gasteiger partial charge is 0.329 e. The number of rotatable bonds is 4. The van der Waals surface area contributed by atoms with Gasteiger partial charge in [0.05, 0.1) is 18.1 Å². The molecule has 2 fully saturated rings. The number of nitrogens with zero attached hydrogens (tertiary/aromatic N) is 5. The van der Waals surface area contributed by atoms with Crippen LogP contribution in [-0.4, -0.2) is 65.7 Å². The van der Waals surface area contributed by atoms with Gasteiger partial charge in [-0.3, -0.25) is 15.0 Å². The van der Waals surface area contributed by atoms with Crippen LogP contribution < -0.4 is 10.6 Å². The standard InChI is InChI=1S/C14H22N6O3/c15-13-12(20(21)22)8-16-14(17-13)19-3-1-2-11(10-19)9-18-4-6-23-7-5-18/h8,11H,1-7,9-10H2,(H2,15,16,17). The van der Waals surface area contributed by atoms with E-state index in [4.69, 9.17) is 10.5 Å². The normalized spacial score (nSPS) is 23.0. The zero-order valence-corrected chi connectivity index (χ0v) is 13.1. The van der Waals surface area contributed by atoms with Crippen LogP contribution in [0.15, 0.2) is 6.20 Å². The molecule has 0 amide bonds. The molecule has 9 heteroatoms. The predicted octanol–water partition coefficient (Wildman–Crippen LogP) is 0.516. The summed E-state index contributed by atoms with van der Waals surface area (Å²) in [7, 11) is 0. The van der Waals surface area contributed by atoms with Crippen molar-refractivity contribution in [3.05, 3.63) is 16.3 Å². The molecule has 2 aliphatic rings. The Labute approximate surface area is 134 Å². The number of aromatic nitrogens is 2. The molecule has 3 rings (SSSR count). The van der Waals surface area contributed by atoms with Gasteiger partial charge in [-0.15, -0.1) is 0 Å². The molecule has 1 atom stereocenters. The fourth-order valence-electron chi connectivity index (χ4n) is 3.22. The number of morpholine rings is 1. The van der Waals surface area contributed by atoms with Crippen molar-refractivity contribution in [1.29, 1.82) is 0 Å². The Morgan fingerprint density at radius 1 is 1.39 bits per heavy atom. The predicted molar refractivity (Wildman–Crippen MR) is 85.3 cm³/mol. The first-order chi connectivity index (χ1) is 11.1. The number of ether oxygens (including phenoxy) is 1. The van der Waals surface area contributed by atoms with Crippen LogP contribution in [0.1, 0.15) is 12.8 Å². The van der Waals surface area contributed by atoms with Gasteiger partial charge in [0.25, 0.3) is 0 Å². The van der Waals surface area contributed by atoms with Crippen molar-refractivity contribution in [2.45, 2.75) is 12.8 Å². The van der Waals surface area contributed by atoms with Crippen molar-refractivity contribution in [3.63, 3.8) is 0 Å². The molecule has 2 aliphatic heterocycles. The highest BCUT2D eigenvalue weighted by atomic mass is 16.6. The highest BCUT2D eigenvalue weighted by Crippen LogP contribution is 2.25. The van der Waals surface area contributed by atoms with E-state index in [0.717, 1.165) is 52.4 Å². The molecule has 0 spiro atoms. The topological polar surface area (TPSA) is 111 Å². The SMILES string of the molecule is Nc1nc(N2CCCC(CN3CCOCC3)C2)ncc1[N+](=O)[O-]. The Morgan fingerprint density at radius 2 is 2.17 bits per heavy atom. The van der Waals surface area contributed by atoms with Crippen molar-refractivity contribution < 1.29 is 9.66 Å². The van der Waals surface area contributed by atoms with Crippen LogP contribution in [-0.2, 0) is 4.74 Å². The number of anilines is 2. The summed E-state index contributed by atoms with van der Waals surface area (Å²) in [6.07, 6.45) is 3.44. The van der Waals surface area contributed by atoms with Gasteiger partial charge in [0.1, 0.15) is 6.20 Å². The van der Waals surface area contributed by atoms with Crippen molar-refractivity contribution in [3.8, 4) is 0 Å². The molecule has 2 saturated heterocycles. The molecule has 9 nitrogen and oxygen atoms in total. The van der Waals surface area contributed by atoms with Crippen molar-refractivity contribution >= 4 is 17.5 Å². The molecule has 0 aliphatic carbocycles. The van der Waals surface area contributed by atoms with Gasteiger partial charge >= 0.3 is 5.69 Å². The van der Waals surface area contributed by atoms with Crippen LogP contribution in [0.4, 0.5) is 17.5 Å². The maximum atomic E-state index is 10.8. The number of hydrogen-bond donors (Lipinski definition) is 1.